The molecule has 1 N–H and O–H groups in total. The molecule has 2 nitrogen and oxygen atoms in total. The molecule has 144 valence electrons. The van der Waals surface area contributed by atoms with Crippen LogP contribution in [0, 0.1) is 5.41 Å². The molecule has 3 rings (SSSR count). The fraction of sp³-hybridized carbons (Fsp3) is 0.269. The summed E-state index contributed by atoms with van der Waals surface area (Å²) in [6, 6.07) is 15.3. The second-order valence-corrected chi connectivity index (χ2v) is 8.00. The molecule has 2 aromatic rings. The van der Waals surface area contributed by atoms with Crippen molar-refractivity contribution in [2.45, 2.75) is 33.1 Å². The first-order valence-electron chi connectivity index (χ1n) is 9.94. The van der Waals surface area contributed by atoms with Gasteiger partial charge in [0.05, 0.1) is 0 Å². The van der Waals surface area contributed by atoms with Crippen LogP contribution < -0.4 is 5.32 Å². The number of hydrogen-bond donors (Lipinski definition) is 1. The topological polar surface area (TPSA) is 29.1 Å². The molecule has 0 aromatic heterocycles. The molecule has 2 aromatic carbocycles. The van der Waals surface area contributed by atoms with Crippen molar-refractivity contribution in [3.63, 3.8) is 0 Å². The molecule has 0 saturated carbocycles. The van der Waals surface area contributed by atoms with Gasteiger partial charge in [-0.2, -0.15) is 0 Å². The number of carbonyl (C=O) groups excluding carboxylic acids is 1. The lowest BCUT2D eigenvalue weighted by atomic mass is 9.83. The SMILES string of the molecule is C=CC(C)(C)CNC(=O)/C=C/C=C/Cc1cccc2c1CCc1ccccc1-2. The third-order valence-corrected chi connectivity index (χ3v) is 5.33. The highest BCUT2D eigenvalue weighted by atomic mass is 16.1. The van der Waals surface area contributed by atoms with Crippen LogP contribution in [-0.4, -0.2) is 12.5 Å². The van der Waals surface area contributed by atoms with Gasteiger partial charge in [0.2, 0.25) is 5.91 Å². The third kappa shape index (κ3) is 4.89. The minimum Gasteiger partial charge on any atom is -0.352 e. The van der Waals surface area contributed by atoms with Crippen LogP contribution >= 0.6 is 0 Å². The van der Waals surface area contributed by atoms with Gasteiger partial charge in [0, 0.05) is 12.6 Å². The average molecular weight is 372 g/mol. The molecule has 0 bridgehead atoms. The van der Waals surface area contributed by atoms with Crippen molar-refractivity contribution < 1.29 is 4.79 Å². The zero-order valence-electron chi connectivity index (χ0n) is 16.9. The highest BCUT2D eigenvalue weighted by Crippen LogP contribution is 2.35. The Hall–Kier alpha value is -2.87. The number of rotatable bonds is 7. The Balaban J connectivity index is 1.60. The van der Waals surface area contributed by atoms with Crippen LogP contribution in [0.3, 0.4) is 0 Å². The average Bonchev–Trinajstić information content (AvgIpc) is 2.72. The quantitative estimate of drug-likeness (QED) is 0.392. The number of benzene rings is 2. The molecular formula is C26H29NO. The minimum atomic E-state index is -0.0929. The summed E-state index contributed by atoms with van der Waals surface area (Å²) in [6.07, 6.45) is 12.4. The Labute approximate surface area is 168 Å². The van der Waals surface area contributed by atoms with Gasteiger partial charge in [0.25, 0.3) is 0 Å². The number of hydrogen-bond acceptors (Lipinski definition) is 1. The summed E-state index contributed by atoms with van der Waals surface area (Å²) < 4.78 is 0. The van der Waals surface area contributed by atoms with E-state index in [0.29, 0.717) is 6.54 Å². The van der Waals surface area contributed by atoms with E-state index in [1.807, 2.05) is 26.0 Å². The van der Waals surface area contributed by atoms with Gasteiger partial charge >= 0.3 is 0 Å². The first-order chi connectivity index (χ1) is 13.5. The Bertz CT molecular complexity index is 918. The number of nitrogens with one attached hydrogen (secondary N) is 1. The van der Waals surface area contributed by atoms with E-state index in [0.717, 1.165) is 19.3 Å². The summed E-state index contributed by atoms with van der Waals surface area (Å²) in [5, 5.41) is 2.90. The van der Waals surface area contributed by atoms with Crippen LogP contribution in [0.5, 0.6) is 0 Å². The van der Waals surface area contributed by atoms with Crippen molar-refractivity contribution in [1.29, 1.82) is 0 Å². The minimum absolute atomic E-state index is 0.0757. The second-order valence-electron chi connectivity index (χ2n) is 8.00. The number of amides is 1. The van der Waals surface area contributed by atoms with Crippen LogP contribution in [0.1, 0.15) is 30.5 Å². The standard InChI is InChI=1S/C26H29NO/c1-4-26(2,3)19-27-25(28)16-7-5-6-11-20-13-10-15-24-22-14-9-8-12-21(22)17-18-23(20)24/h4-10,12-16H,1,11,17-19H2,2-3H3,(H,27,28)/b6-5+,16-7+. The third-order valence-electron chi connectivity index (χ3n) is 5.33. The fourth-order valence-corrected chi connectivity index (χ4v) is 3.50. The molecular weight excluding hydrogens is 342 g/mol. The second kappa shape index (κ2) is 8.88. The lowest BCUT2D eigenvalue weighted by Gasteiger charge is -2.22. The van der Waals surface area contributed by atoms with Gasteiger partial charge in [-0.1, -0.05) is 80.6 Å². The van der Waals surface area contributed by atoms with Crippen LogP contribution in [0.15, 0.2) is 79.4 Å². The largest absolute Gasteiger partial charge is 0.352 e. The van der Waals surface area contributed by atoms with E-state index in [-0.39, 0.29) is 11.3 Å². The van der Waals surface area contributed by atoms with Crippen molar-refractivity contribution in [1.82, 2.24) is 5.32 Å². The maximum atomic E-state index is 11.9. The van der Waals surface area contributed by atoms with Crippen LogP contribution in [-0.2, 0) is 24.1 Å². The molecule has 0 aliphatic heterocycles. The summed E-state index contributed by atoms with van der Waals surface area (Å²) in [5.74, 6) is -0.0757. The molecule has 1 amide bonds. The Morgan fingerprint density at radius 3 is 2.68 bits per heavy atom. The van der Waals surface area contributed by atoms with E-state index in [2.05, 4.69) is 60.4 Å². The summed E-state index contributed by atoms with van der Waals surface area (Å²) in [5.41, 5.74) is 6.91. The molecule has 0 spiro atoms. The number of allylic oxidation sites excluding steroid dienone is 3. The van der Waals surface area contributed by atoms with Crippen molar-refractivity contribution >= 4 is 5.91 Å². The Morgan fingerprint density at radius 1 is 1.07 bits per heavy atom. The van der Waals surface area contributed by atoms with Gasteiger partial charge in [-0.15, -0.1) is 6.58 Å². The summed E-state index contributed by atoms with van der Waals surface area (Å²) in [4.78, 5) is 11.9. The predicted octanol–water partition coefficient (Wildman–Crippen LogP) is 5.44. The van der Waals surface area contributed by atoms with Gasteiger partial charge in [0.1, 0.15) is 0 Å². The molecule has 0 fully saturated rings. The lowest BCUT2D eigenvalue weighted by Crippen LogP contribution is -2.31. The Kier molecular flexibility index (Phi) is 6.30. The van der Waals surface area contributed by atoms with Crippen molar-refractivity contribution in [2.75, 3.05) is 6.54 Å². The molecule has 0 unspecified atom stereocenters. The highest BCUT2D eigenvalue weighted by Gasteiger charge is 2.17. The van der Waals surface area contributed by atoms with E-state index in [1.165, 1.54) is 27.8 Å². The van der Waals surface area contributed by atoms with Gasteiger partial charge in [0.15, 0.2) is 0 Å². The van der Waals surface area contributed by atoms with Crippen LogP contribution in [0.2, 0.25) is 0 Å². The van der Waals surface area contributed by atoms with Gasteiger partial charge < -0.3 is 5.32 Å². The number of aryl methyl sites for hydroxylation is 1. The summed E-state index contributed by atoms with van der Waals surface area (Å²) >= 11 is 0. The molecule has 0 saturated heterocycles. The zero-order chi connectivity index (χ0) is 20.0. The van der Waals surface area contributed by atoms with Crippen molar-refractivity contribution in [2.24, 2.45) is 5.41 Å². The van der Waals surface area contributed by atoms with E-state index < -0.39 is 0 Å². The van der Waals surface area contributed by atoms with E-state index in [4.69, 9.17) is 0 Å². The normalized spacial score (nSPS) is 13.4. The maximum absolute atomic E-state index is 11.9. The molecule has 0 radical (unpaired) electrons. The van der Waals surface area contributed by atoms with E-state index in [1.54, 1.807) is 12.2 Å². The Morgan fingerprint density at radius 2 is 1.86 bits per heavy atom. The zero-order valence-corrected chi connectivity index (χ0v) is 16.9. The smallest absolute Gasteiger partial charge is 0.244 e. The monoisotopic (exact) mass is 371 g/mol. The number of fused-ring (bicyclic) bond motifs is 3. The molecule has 28 heavy (non-hydrogen) atoms. The maximum Gasteiger partial charge on any atom is 0.244 e. The first-order valence-corrected chi connectivity index (χ1v) is 9.94. The molecule has 1 aliphatic carbocycles. The summed E-state index contributed by atoms with van der Waals surface area (Å²) in [6.45, 7) is 8.46. The van der Waals surface area contributed by atoms with Gasteiger partial charge in [-0.3, -0.25) is 4.79 Å². The van der Waals surface area contributed by atoms with Gasteiger partial charge in [-0.25, -0.2) is 0 Å². The highest BCUT2D eigenvalue weighted by molar-refractivity contribution is 5.87. The van der Waals surface area contributed by atoms with Crippen molar-refractivity contribution in [3.05, 3.63) is 96.1 Å². The molecule has 0 atom stereocenters. The summed E-state index contributed by atoms with van der Waals surface area (Å²) in [7, 11) is 0. The first kappa shape index (κ1) is 19.9. The number of carbonyl (C=O) groups is 1. The van der Waals surface area contributed by atoms with Crippen molar-refractivity contribution in [3.8, 4) is 11.1 Å². The van der Waals surface area contributed by atoms with Crippen LogP contribution in [0.25, 0.3) is 11.1 Å². The van der Waals surface area contributed by atoms with Crippen LogP contribution in [0.4, 0.5) is 0 Å². The van der Waals surface area contributed by atoms with Gasteiger partial charge in [-0.05, 0) is 52.5 Å². The fourth-order valence-electron chi connectivity index (χ4n) is 3.50. The lowest BCUT2D eigenvalue weighted by molar-refractivity contribution is -0.116. The molecule has 0 heterocycles. The molecule has 2 heteroatoms. The van der Waals surface area contributed by atoms with E-state index >= 15 is 0 Å². The van der Waals surface area contributed by atoms with E-state index in [9.17, 15) is 4.79 Å². The molecule has 1 aliphatic rings. The predicted molar refractivity (Wildman–Crippen MR) is 118 cm³/mol.